The van der Waals surface area contributed by atoms with Gasteiger partial charge in [0, 0.05) is 11.9 Å². The Balaban J connectivity index is 2.34. The number of nitrogen functional groups attached to an aromatic ring is 1. The molecule has 2 rings (SSSR count). The number of nitrogens with zero attached hydrogens (tertiary/aromatic N) is 2. The SMILES string of the molecule is Cc1nc(C(=O)N(CCC(=O)O)c2ccccc2N)cs1. The number of aromatic nitrogens is 1. The average molecular weight is 305 g/mol. The van der Waals surface area contributed by atoms with Gasteiger partial charge >= 0.3 is 5.97 Å². The van der Waals surface area contributed by atoms with Crippen LogP contribution in [0.1, 0.15) is 21.9 Å². The maximum atomic E-state index is 12.5. The van der Waals surface area contributed by atoms with E-state index in [0.717, 1.165) is 5.01 Å². The molecule has 0 atom stereocenters. The fourth-order valence-corrected chi connectivity index (χ4v) is 2.46. The minimum atomic E-state index is -0.975. The lowest BCUT2D eigenvalue weighted by atomic mass is 10.2. The first-order valence-electron chi connectivity index (χ1n) is 6.29. The normalized spacial score (nSPS) is 10.3. The van der Waals surface area contributed by atoms with Crippen LogP contribution < -0.4 is 10.6 Å². The molecule has 0 unspecified atom stereocenters. The van der Waals surface area contributed by atoms with E-state index in [1.165, 1.54) is 16.2 Å². The predicted molar refractivity (Wildman–Crippen MR) is 81.6 cm³/mol. The molecule has 1 amide bonds. The van der Waals surface area contributed by atoms with Crippen LogP contribution in [0, 0.1) is 6.92 Å². The van der Waals surface area contributed by atoms with Crippen molar-refractivity contribution in [3.05, 3.63) is 40.3 Å². The van der Waals surface area contributed by atoms with E-state index < -0.39 is 5.97 Å². The van der Waals surface area contributed by atoms with Gasteiger partial charge in [0.25, 0.3) is 5.91 Å². The number of para-hydroxylation sites is 2. The summed E-state index contributed by atoms with van der Waals surface area (Å²) < 4.78 is 0. The van der Waals surface area contributed by atoms with Gasteiger partial charge in [-0.2, -0.15) is 0 Å². The van der Waals surface area contributed by atoms with Gasteiger partial charge in [-0.25, -0.2) is 4.98 Å². The van der Waals surface area contributed by atoms with Crippen LogP contribution in [0.4, 0.5) is 11.4 Å². The van der Waals surface area contributed by atoms with E-state index in [-0.39, 0.29) is 18.9 Å². The molecular formula is C14H15N3O3S. The van der Waals surface area contributed by atoms with Crippen LogP contribution in [0.5, 0.6) is 0 Å². The summed E-state index contributed by atoms with van der Waals surface area (Å²) in [7, 11) is 0. The molecular weight excluding hydrogens is 290 g/mol. The second kappa shape index (κ2) is 6.36. The van der Waals surface area contributed by atoms with Crippen molar-refractivity contribution in [2.45, 2.75) is 13.3 Å². The van der Waals surface area contributed by atoms with Crippen LogP contribution in [0.3, 0.4) is 0 Å². The zero-order valence-electron chi connectivity index (χ0n) is 11.4. The molecule has 0 bridgehead atoms. The van der Waals surface area contributed by atoms with Gasteiger partial charge in [-0.1, -0.05) is 12.1 Å². The highest BCUT2D eigenvalue weighted by Gasteiger charge is 2.22. The van der Waals surface area contributed by atoms with Gasteiger partial charge in [0.05, 0.1) is 22.8 Å². The number of anilines is 2. The van der Waals surface area contributed by atoms with Gasteiger partial charge in [-0.05, 0) is 19.1 Å². The summed E-state index contributed by atoms with van der Waals surface area (Å²) in [6.45, 7) is 1.85. The summed E-state index contributed by atoms with van der Waals surface area (Å²) in [5.74, 6) is -1.32. The molecule has 0 saturated heterocycles. The number of benzene rings is 1. The van der Waals surface area contributed by atoms with Crippen molar-refractivity contribution in [3.8, 4) is 0 Å². The van der Waals surface area contributed by atoms with Crippen LogP contribution in [0.25, 0.3) is 0 Å². The number of rotatable bonds is 5. The smallest absolute Gasteiger partial charge is 0.305 e. The number of amides is 1. The van der Waals surface area contributed by atoms with E-state index in [1.807, 2.05) is 0 Å². The highest BCUT2D eigenvalue weighted by atomic mass is 32.1. The number of nitrogens with two attached hydrogens (primary N) is 1. The lowest BCUT2D eigenvalue weighted by Gasteiger charge is -2.22. The number of hydrogen-bond donors (Lipinski definition) is 2. The zero-order chi connectivity index (χ0) is 15.4. The number of carboxylic acid groups (broad SMARTS) is 1. The number of aryl methyl sites for hydroxylation is 1. The maximum absolute atomic E-state index is 12.5. The molecule has 7 heteroatoms. The topological polar surface area (TPSA) is 96.5 Å². The molecule has 0 aliphatic heterocycles. The van der Waals surface area contributed by atoms with E-state index in [4.69, 9.17) is 10.8 Å². The van der Waals surface area contributed by atoms with Crippen LogP contribution >= 0.6 is 11.3 Å². The molecule has 0 saturated carbocycles. The van der Waals surface area contributed by atoms with Crippen LogP contribution in [0.2, 0.25) is 0 Å². The summed E-state index contributed by atoms with van der Waals surface area (Å²) in [6.07, 6.45) is -0.163. The Morgan fingerprint density at radius 2 is 2.10 bits per heavy atom. The third-order valence-corrected chi connectivity index (χ3v) is 3.63. The highest BCUT2D eigenvalue weighted by molar-refractivity contribution is 7.09. The molecule has 0 aliphatic rings. The van der Waals surface area contributed by atoms with Crippen molar-refractivity contribution in [1.82, 2.24) is 4.98 Å². The van der Waals surface area contributed by atoms with E-state index in [1.54, 1.807) is 36.6 Å². The van der Waals surface area contributed by atoms with Gasteiger partial charge in [0.1, 0.15) is 5.69 Å². The Morgan fingerprint density at radius 3 is 2.67 bits per heavy atom. The zero-order valence-corrected chi connectivity index (χ0v) is 12.3. The second-order valence-corrected chi connectivity index (χ2v) is 5.47. The molecule has 6 nitrogen and oxygen atoms in total. The number of aliphatic carboxylic acids is 1. The fraction of sp³-hybridized carbons (Fsp3) is 0.214. The summed E-state index contributed by atoms with van der Waals surface area (Å²) in [4.78, 5) is 28.9. The number of carbonyl (C=O) groups is 2. The van der Waals surface area contributed by atoms with E-state index >= 15 is 0 Å². The van der Waals surface area contributed by atoms with Crippen molar-refractivity contribution in [2.75, 3.05) is 17.2 Å². The van der Waals surface area contributed by atoms with Gasteiger partial charge in [0.2, 0.25) is 0 Å². The Morgan fingerprint density at radius 1 is 1.38 bits per heavy atom. The Labute approximate surface area is 125 Å². The monoisotopic (exact) mass is 305 g/mol. The standard InChI is InChI=1S/C14H15N3O3S/c1-9-16-11(8-21-9)14(20)17(7-6-13(18)19)12-5-3-2-4-10(12)15/h2-5,8H,6-7,15H2,1H3,(H,18,19). The number of hydrogen-bond acceptors (Lipinski definition) is 5. The first-order chi connectivity index (χ1) is 9.99. The van der Waals surface area contributed by atoms with Gasteiger partial charge in [-0.15, -0.1) is 11.3 Å². The summed E-state index contributed by atoms with van der Waals surface area (Å²) >= 11 is 1.37. The van der Waals surface area contributed by atoms with Crippen molar-refractivity contribution >= 4 is 34.6 Å². The molecule has 0 aliphatic carbocycles. The number of thiazole rings is 1. The molecule has 1 aromatic heterocycles. The van der Waals surface area contributed by atoms with Gasteiger partial charge in [0.15, 0.2) is 0 Å². The van der Waals surface area contributed by atoms with Crippen molar-refractivity contribution < 1.29 is 14.7 Å². The van der Waals surface area contributed by atoms with Crippen molar-refractivity contribution in [2.24, 2.45) is 0 Å². The van der Waals surface area contributed by atoms with Crippen LogP contribution in [0.15, 0.2) is 29.6 Å². The third kappa shape index (κ3) is 3.57. The average Bonchev–Trinajstić information content (AvgIpc) is 2.87. The second-order valence-electron chi connectivity index (χ2n) is 4.41. The fourth-order valence-electron chi connectivity index (χ4n) is 1.87. The molecule has 21 heavy (non-hydrogen) atoms. The molecule has 0 fully saturated rings. The minimum Gasteiger partial charge on any atom is -0.481 e. The Hall–Kier alpha value is -2.41. The van der Waals surface area contributed by atoms with Crippen LogP contribution in [-0.2, 0) is 4.79 Å². The Kier molecular flexibility index (Phi) is 4.54. The predicted octanol–water partition coefficient (Wildman–Crippen LogP) is 2.16. The quantitative estimate of drug-likeness (QED) is 0.825. The minimum absolute atomic E-state index is 0.0406. The van der Waals surface area contributed by atoms with Crippen molar-refractivity contribution in [3.63, 3.8) is 0 Å². The first kappa shape index (κ1) is 15.0. The largest absolute Gasteiger partial charge is 0.481 e. The first-order valence-corrected chi connectivity index (χ1v) is 7.17. The van der Waals surface area contributed by atoms with E-state index in [0.29, 0.717) is 17.1 Å². The molecule has 2 aromatic rings. The summed E-state index contributed by atoms with van der Waals surface area (Å²) in [5, 5.41) is 11.3. The summed E-state index contributed by atoms with van der Waals surface area (Å²) in [6, 6.07) is 6.86. The Bertz CT molecular complexity index is 669. The lowest BCUT2D eigenvalue weighted by Crippen LogP contribution is -2.33. The molecule has 0 spiro atoms. The lowest BCUT2D eigenvalue weighted by molar-refractivity contribution is -0.136. The third-order valence-electron chi connectivity index (χ3n) is 2.86. The van der Waals surface area contributed by atoms with E-state index in [2.05, 4.69) is 4.98 Å². The number of carbonyl (C=O) groups excluding carboxylic acids is 1. The molecule has 0 radical (unpaired) electrons. The molecule has 110 valence electrons. The number of carboxylic acids is 1. The highest BCUT2D eigenvalue weighted by Crippen LogP contribution is 2.25. The molecule has 3 N–H and O–H groups in total. The van der Waals surface area contributed by atoms with Crippen LogP contribution in [-0.4, -0.2) is 28.5 Å². The van der Waals surface area contributed by atoms with E-state index in [9.17, 15) is 9.59 Å². The van der Waals surface area contributed by atoms with Gasteiger partial charge in [-0.3, -0.25) is 9.59 Å². The van der Waals surface area contributed by atoms with Gasteiger partial charge < -0.3 is 15.7 Å². The maximum Gasteiger partial charge on any atom is 0.305 e. The molecule has 1 aromatic carbocycles. The molecule has 1 heterocycles. The van der Waals surface area contributed by atoms with Crippen molar-refractivity contribution in [1.29, 1.82) is 0 Å². The summed E-state index contributed by atoms with van der Waals surface area (Å²) in [5.41, 5.74) is 7.10.